The Morgan fingerprint density at radius 2 is 1.64 bits per heavy atom. The van der Waals surface area contributed by atoms with E-state index < -0.39 is 0 Å². The molecular formula is C7H13N3O. The highest BCUT2D eigenvalue weighted by atomic mass is 16.1. The summed E-state index contributed by atoms with van der Waals surface area (Å²) in [6.07, 6.45) is 1.46. The Morgan fingerprint density at radius 3 is 1.91 bits per heavy atom. The van der Waals surface area contributed by atoms with E-state index in [0.29, 0.717) is 5.70 Å². The molecule has 0 heterocycles. The molecule has 4 heteroatoms. The molecule has 0 unspecified atom stereocenters. The molecule has 0 spiro atoms. The summed E-state index contributed by atoms with van der Waals surface area (Å²) in [5.74, 6) is -0.250. The Balaban J connectivity index is 4.68. The SMILES string of the molecule is CC(=O)/C(N)=C(N)\C=C(/C)N. The largest absolute Gasteiger partial charge is 0.402 e. The van der Waals surface area contributed by atoms with E-state index in [2.05, 4.69) is 0 Å². The lowest BCUT2D eigenvalue weighted by Gasteiger charge is -1.98. The molecule has 4 nitrogen and oxygen atoms in total. The first-order valence-electron chi connectivity index (χ1n) is 3.15. The van der Waals surface area contributed by atoms with Crippen LogP contribution in [0.5, 0.6) is 0 Å². The first-order chi connectivity index (χ1) is 4.95. The smallest absolute Gasteiger partial charge is 0.177 e. The van der Waals surface area contributed by atoms with Crippen LogP contribution in [-0.2, 0) is 4.79 Å². The van der Waals surface area contributed by atoms with E-state index in [1.165, 1.54) is 13.0 Å². The van der Waals surface area contributed by atoms with Gasteiger partial charge in [0.2, 0.25) is 0 Å². The van der Waals surface area contributed by atoms with Gasteiger partial charge >= 0.3 is 0 Å². The van der Waals surface area contributed by atoms with E-state index in [1.54, 1.807) is 6.92 Å². The van der Waals surface area contributed by atoms with Crippen molar-refractivity contribution < 1.29 is 4.79 Å². The van der Waals surface area contributed by atoms with Crippen LogP contribution >= 0.6 is 0 Å². The fraction of sp³-hybridized carbons (Fsp3) is 0.286. The number of carbonyl (C=O) groups is 1. The number of allylic oxidation sites excluding steroid dienone is 3. The van der Waals surface area contributed by atoms with E-state index in [-0.39, 0.29) is 17.2 Å². The number of Topliss-reactive ketones (excluding diaryl/α,β-unsaturated/α-hetero) is 1. The monoisotopic (exact) mass is 155 g/mol. The zero-order valence-corrected chi connectivity index (χ0v) is 6.72. The number of rotatable bonds is 2. The minimum absolute atomic E-state index is 0.0507. The van der Waals surface area contributed by atoms with Gasteiger partial charge in [0.1, 0.15) is 0 Å². The lowest BCUT2D eigenvalue weighted by molar-refractivity contribution is -0.113. The fourth-order valence-electron chi connectivity index (χ4n) is 0.526. The lowest BCUT2D eigenvalue weighted by atomic mass is 10.2. The lowest BCUT2D eigenvalue weighted by Crippen LogP contribution is -2.15. The second kappa shape index (κ2) is 3.65. The molecule has 0 aromatic heterocycles. The molecule has 0 aromatic rings. The van der Waals surface area contributed by atoms with Crippen LogP contribution in [0.4, 0.5) is 0 Å². The first-order valence-corrected chi connectivity index (χ1v) is 3.15. The van der Waals surface area contributed by atoms with Crippen LogP contribution < -0.4 is 17.2 Å². The van der Waals surface area contributed by atoms with Crippen molar-refractivity contribution in [2.24, 2.45) is 17.2 Å². The molecule has 0 rings (SSSR count). The molecule has 11 heavy (non-hydrogen) atoms. The van der Waals surface area contributed by atoms with Crippen LogP contribution in [-0.4, -0.2) is 5.78 Å². The van der Waals surface area contributed by atoms with Crippen LogP contribution in [0.1, 0.15) is 13.8 Å². The van der Waals surface area contributed by atoms with E-state index in [4.69, 9.17) is 17.2 Å². The fourth-order valence-corrected chi connectivity index (χ4v) is 0.526. The van der Waals surface area contributed by atoms with Gasteiger partial charge in [-0.25, -0.2) is 0 Å². The van der Waals surface area contributed by atoms with Gasteiger partial charge in [-0.05, 0) is 13.0 Å². The summed E-state index contributed by atoms with van der Waals surface area (Å²) in [5, 5.41) is 0. The van der Waals surface area contributed by atoms with Gasteiger partial charge < -0.3 is 17.2 Å². The summed E-state index contributed by atoms with van der Waals surface area (Å²) in [7, 11) is 0. The second-order valence-electron chi connectivity index (χ2n) is 2.31. The quantitative estimate of drug-likeness (QED) is 0.372. The van der Waals surface area contributed by atoms with Crippen molar-refractivity contribution in [2.75, 3.05) is 0 Å². The predicted molar refractivity (Wildman–Crippen MR) is 44.0 cm³/mol. The molecule has 62 valence electrons. The van der Waals surface area contributed by atoms with Gasteiger partial charge in [0.15, 0.2) is 5.78 Å². The highest BCUT2D eigenvalue weighted by molar-refractivity contribution is 5.93. The number of carbonyl (C=O) groups excluding carboxylic acids is 1. The van der Waals surface area contributed by atoms with Gasteiger partial charge in [-0.3, -0.25) is 4.79 Å². The maximum atomic E-state index is 10.6. The second-order valence-corrected chi connectivity index (χ2v) is 2.31. The van der Waals surface area contributed by atoms with E-state index in [0.717, 1.165) is 0 Å². The van der Waals surface area contributed by atoms with Crippen LogP contribution in [0.2, 0.25) is 0 Å². The average molecular weight is 155 g/mol. The Morgan fingerprint density at radius 1 is 1.18 bits per heavy atom. The zero-order valence-electron chi connectivity index (χ0n) is 6.72. The molecule has 0 atom stereocenters. The topological polar surface area (TPSA) is 95.1 Å². The Labute approximate surface area is 65.7 Å². The van der Waals surface area contributed by atoms with Gasteiger partial charge in [0.05, 0.1) is 11.4 Å². The molecule has 0 aliphatic carbocycles. The van der Waals surface area contributed by atoms with E-state index in [1.807, 2.05) is 0 Å². The number of hydrogen-bond acceptors (Lipinski definition) is 4. The summed E-state index contributed by atoms with van der Waals surface area (Å²) in [5.41, 5.74) is 16.8. The number of hydrogen-bond donors (Lipinski definition) is 3. The third kappa shape index (κ3) is 3.30. The third-order valence-electron chi connectivity index (χ3n) is 1.07. The predicted octanol–water partition coefficient (Wildman–Crippen LogP) is -0.433. The molecule has 0 aliphatic heterocycles. The van der Waals surface area contributed by atoms with Crippen LogP contribution in [0, 0.1) is 0 Å². The zero-order chi connectivity index (χ0) is 9.02. The molecule has 0 saturated carbocycles. The highest BCUT2D eigenvalue weighted by Gasteiger charge is 2.00. The molecule has 0 aliphatic rings. The van der Waals surface area contributed by atoms with Crippen molar-refractivity contribution in [3.05, 3.63) is 23.2 Å². The van der Waals surface area contributed by atoms with E-state index in [9.17, 15) is 4.79 Å². The molecule has 6 N–H and O–H groups in total. The van der Waals surface area contributed by atoms with Crippen molar-refractivity contribution in [1.29, 1.82) is 0 Å². The molecule has 0 amide bonds. The number of ketones is 1. The first kappa shape index (κ1) is 9.55. The van der Waals surface area contributed by atoms with Crippen molar-refractivity contribution >= 4 is 5.78 Å². The van der Waals surface area contributed by atoms with Gasteiger partial charge in [-0.2, -0.15) is 0 Å². The normalized spacial score (nSPS) is 14.2. The van der Waals surface area contributed by atoms with Gasteiger partial charge in [0, 0.05) is 12.6 Å². The Hall–Kier alpha value is -1.45. The molecule has 0 bridgehead atoms. The maximum Gasteiger partial charge on any atom is 0.177 e. The van der Waals surface area contributed by atoms with Gasteiger partial charge in [-0.15, -0.1) is 0 Å². The van der Waals surface area contributed by atoms with Gasteiger partial charge in [-0.1, -0.05) is 0 Å². The average Bonchev–Trinajstić information content (AvgIpc) is 1.84. The number of nitrogens with two attached hydrogens (primary N) is 3. The van der Waals surface area contributed by atoms with Crippen molar-refractivity contribution in [3.8, 4) is 0 Å². The Bertz CT molecular complexity index is 224. The Kier molecular flexibility index (Phi) is 3.17. The summed E-state index contributed by atoms with van der Waals surface area (Å²) < 4.78 is 0. The van der Waals surface area contributed by atoms with Crippen molar-refractivity contribution in [2.45, 2.75) is 13.8 Å². The van der Waals surface area contributed by atoms with Crippen molar-refractivity contribution in [3.63, 3.8) is 0 Å². The van der Waals surface area contributed by atoms with Gasteiger partial charge in [0.25, 0.3) is 0 Å². The molecule has 0 radical (unpaired) electrons. The minimum atomic E-state index is -0.250. The summed E-state index contributed by atoms with van der Waals surface area (Å²) >= 11 is 0. The van der Waals surface area contributed by atoms with Crippen LogP contribution in [0.15, 0.2) is 23.2 Å². The molecule has 0 fully saturated rings. The van der Waals surface area contributed by atoms with Crippen molar-refractivity contribution in [1.82, 2.24) is 0 Å². The summed E-state index contributed by atoms with van der Waals surface area (Å²) in [6.45, 7) is 3.02. The maximum absolute atomic E-state index is 10.6. The third-order valence-corrected chi connectivity index (χ3v) is 1.07. The van der Waals surface area contributed by atoms with Crippen LogP contribution in [0.25, 0.3) is 0 Å². The standard InChI is InChI=1S/C7H13N3O/c1-4(8)3-6(9)7(10)5(2)11/h3H,8-10H2,1-2H3/b4-3+,7-6-. The molecule has 0 aromatic carbocycles. The molecular weight excluding hydrogens is 142 g/mol. The molecule has 0 saturated heterocycles. The minimum Gasteiger partial charge on any atom is -0.402 e. The van der Waals surface area contributed by atoms with E-state index >= 15 is 0 Å². The summed E-state index contributed by atoms with van der Waals surface area (Å²) in [6, 6.07) is 0. The highest BCUT2D eigenvalue weighted by Crippen LogP contribution is 1.96. The summed E-state index contributed by atoms with van der Waals surface area (Å²) in [4.78, 5) is 10.6. The van der Waals surface area contributed by atoms with Crippen LogP contribution in [0.3, 0.4) is 0 Å².